The minimum Gasteiger partial charge on any atom is -0.351 e. The third kappa shape index (κ3) is 3.03. The number of hydrogen-bond donors (Lipinski definition) is 0. The molecule has 27 heavy (non-hydrogen) atoms. The van der Waals surface area contributed by atoms with Gasteiger partial charge in [0, 0.05) is 42.3 Å². The van der Waals surface area contributed by atoms with E-state index in [9.17, 15) is 0 Å². The van der Waals surface area contributed by atoms with E-state index < -0.39 is 0 Å². The standard InChI is InChI=1S/C21H27N5O/c1-7-26-17-11-21(4,5)9-8-16(17)18(23-26)20-22-19(24-27-20)15-10-13(2)14(3)25(6)12-15/h10,12H,3,7-9,11H2,1-2,4-6H3. The van der Waals surface area contributed by atoms with E-state index in [1.165, 1.54) is 11.3 Å². The number of likely N-dealkylation sites (N-methyl/N-ethyl adjacent to an activating group) is 1. The fraction of sp³-hybridized carbons (Fsp3) is 0.476. The lowest BCUT2D eigenvalue weighted by atomic mass is 9.76. The van der Waals surface area contributed by atoms with Gasteiger partial charge in [0.2, 0.25) is 5.82 Å². The molecule has 0 saturated heterocycles. The maximum Gasteiger partial charge on any atom is 0.279 e. The van der Waals surface area contributed by atoms with Gasteiger partial charge >= 0.3 is 0 Å². The zero-order chi connectivity index (χ0) is 19.3. The van der Waals surface area contributed by atoms with Gasteiger partial charge in [0.05, 0.1) is 0 Å². The molecule has 0 N–H and O–H groups in total. The first-order chi connectivity index (χ1) is 12.8. The predicted molar refractivity (Wildman–Crippen MR) is 106 cm³/mol. The molecule has 0 saturated carbocycles. The number of aromatic nitrogens is 4. The Balaban J connectivity index is 1.72. The summed E-state index contributed by atoms with van der Waals surface area (Å²) in [7, 11) is 1.97. The number of nitrogens with zero attached hydrogens (tertiary/aromatic N) is 5. The molecule has 6 nitrogen and oxygen atoms in total. The van der Waals surface area contributed by atoms with Crippen molar-refractivity contribution in [2.24, 2.45) is 5.41 Å². The van der Waals surface area contributed by atoms with Crippen molar-refractivity contribution in [2.45, 2.75) is 53.5 Å². The predicted octanol–water partition coefficient (Wildman–Crippen LogP) is 4.21. The molecule has 0 bridgehead atoms. The van der Waals surface area contributed by atoms with Gasteiger partial charge in [0.25, 0.3) is 5.89 Å². The summed E-state index contributed by atoms with van der Waals surface area (Å²) in [5, 5.41) is 9.03. The monoisotopic (exact) mass is 365 g/mol. The Kier molecular flexibility index (Phi) is 4.09. The Bertz CT molecular complexity index is 973. The Morgan fingerprint density at radius 1 is 1.33 bits per heavy atom. The SMILES string of the molecule is C=C1C(C)=CC(c2noc(-c3nn(CC)c4c3CCC(C)(C)C4)n2)=CN1C. The van der Waals surface area contributed by atoms with Crippen LogP contribution in [0.1, 0.15) is 51.2 Å². The quantitative estimate of drug-likeness (QED) is 0.815. The summed E-state index contributed by atoms with van der Waals surface area (Å²) in [4.78, 5) is 6.65. The normalized spacial score (nSPS) is 19.0. The van der Waals surface area contributed by atoms with Gasteiger partial charge in [-0.3, -0.25) is 4.68 Å². The molecule has 0 atom stereocenters. The van der Waals surface area contributed by atoms with Crippen LogP contribution in [0.3, 0.4) is 0 Å². The summed E-state index contributed by atoms with van der Waals surface area (Å²) < 4.78 is 7.72. The van der Waals surface area contributed by atoms with Gasteiger partial charge in [0.15, 0.2) is 5.69 Å². The topological polar surface area (TPSA) is 60.0 Å². The second kappa shape index (κ2) is 6.22. The maximum absolute atomic E-state index is 5.63. The molecule has 3 heterocycles. The van der Waals surface area contributed by atoms with Crippen molar-refractivity contribution in [1.29, 1.82) is 0 Å². The van der Waals surface area contributed by atoms with Crippen molar-refractivity contribution >= 4 is 5.57 Å². The van der Waals surface area contributed by atoms with E-state index in [4.69, 9.17) is 9.62 Å². The molecule has 1 aliphatic heterocycles. The van der Waals surface area contributed by atoms with E-state index in [0.29, 0.717) is 17.1 Å². The zero-order valence-corrected chi connectivity index (χ0v) is 16.8. The molecule has 0 radical (unpaired) electrons. The van der Waals surface area contributed by atoms with Crippen LogP contribution in [0.2, 0.25) is 0 Å². The van der Waals surface area contributed by atoms with Gasteiger partial charge < -0.3 is 9.42 Å². The summed E-state index contributed by atoms with van der Waals surface area (Å²) >= 11 is 0. The first-order valence-corrected chi connectivity index (χ1v) is 9.54. The number of allylic oxidation sites excluding steroid dienone is 3. The van der Waals surface area contributed by atoms with Crippen LogP contribution in [0, 0.1) is 5.41 Å². The van der Waals surface area contributed by atoms with Gasteiger partial charge in [-0.25, -0.2) is 0 Å². The molecule has 4 rings (SSSR count). The lowest BCUT2D eigenvalue weighted by molar-refractivity contribution is 0.304. The number of hydrogen-bond acceptors (Lipinski definition) is 5. The molecule has 0 aromatic carbocycles. The Hall–Kier alpha value is -2.63. The van der Waals surface area contributed by atoms with E-state index in [1.807, 2.05) is 31.1 Å². The summed E-state index contributed by atoms with van der Waals surface area (Å²) in [6, 6.07) is 0. The van der Waals surface area contributed by atoms with E-state index in [1.54, 1.807) is 0 Å². The lowest BCUT2D eigenvalue weighted by Gasteiger charge is -2.30. The second-order valence-electron chi connectivity index (χ2n) is 8.32. The summed E-state index contributed by atoms with van der Waals surface area (Å²) in [5.41, 5.74) is 6.71. The largest absolute Gasteiger partial charge is 0.351 e. The van der Waals surface area contributed by atoms with E-state index in [2.05, 4.69) is 42.2 Å². The molecule has 6 heteroatoms. The molecule has 142 valence electrons. The van der Waals surface area contributed by atoms with Crippen LogP contribution >= 0.6 is 0 Å². The fourth-order valence-corrected chi connectivity index (χ4v) is 3.91. The molecular formula is C21H27N5O. The summed E-state index contributed by atoms with van der Waals surface area (Å²) in [5.74, 6) is 1.09. The Labute approximate surface area is 160 Å². The lowest BCUT2D eigenvalue weighted by Crippen LogP contribution is -2.24. The van der Waals surface area contributed by atoms with Crippen LogP contribution in [0.25, 0.3) is 17.2 Å². The van der Waals surface area contributed by atoms with E-state index in [0.717, 1.165) is 48.3 Å². The third-order valence-corrected chi connectivity index (χ3v) is 5.64. The highest BCUT2D eigenvalue weighted by atomic mass is 16.5. The van der Waals surface area contributed by atoms with Gasteiger partial charge in [-0.15, -0.1) is 0 Å². The highest BCUT2D eigenvalue weighted by Gasteiger charge is 2.32. The molecule has 0 amide bonds. The van der Waals surface area contributed by atoms with E-state index >= 15 is 0 Å². The second-order valence-corrected chi connectivity index (χ2v) is 8.32. The van der Waals surface area contributed by atoms with Gasteiger partial charge in [-0.2, -0.15) is 10.1 Å². The van der Waals surface area contributed by atoms with Crippen LogP contribution in [0.5, 0.6) is 0 Å². The minimum atomic E-state index is 0.305. The third-order valence-electron chi connectivity index (χ3n) is 5.64. The molecule has 0 spiro atoms. The fourth-order valence-electron chi connectivity index (χ4n) is 3.91. The number of aryl methyl sites for hydroxylation is 1. The van der Waals surface area contributed by atoms with Gasteiger partial charge in [-0.1, -0.05) is 25.6 Å². The number of rotatable bonds is 3. The molecule has 2 aromatic rings. The van der Waals surface area contributed by atoms with E-state index in [-0.39, 0.29) is 0 Å². The van der Waals surface area contributed by atoms with Crippen molar-refractivity contribution < 1.29 is 4.52 Å². The van der Waals surface area contributed by atoms with Crippen LogP contribution in [-0.2, 0) is 19.4 Å². The summed E-state index contributed by atoms with van der Waals surface area (Å²) in [6.45, 7) is 13.7. The van der Waals surface area contributed by atoms with Crippen molar-refractivity contribution in [3.05, 3.63) is 47.2 Å². The number of fused-ring (bicyclic) bond motifs is 1. The van der Waals surface area contributed by atoms with Crippen molar-refractivity contribution in [3.8, 4) is 11.6 Å². The first kappa shape index (κ1) is 17.8. The smallest absolute Gasteiger partial charge is 0.279 e. The van der Waals surface area contributed by atoms with Crippen molar-refractivity contribution in [3.63, 3.8) is 0 Å². The van der Waals surface area contributed by atoms with Crippen molar-refractivity contribution in [2.75, 3.05) is 7.05 Å². The average molecular weight is 365 g/mol. The highest BCUT2D eigenvalue weighted by Crippen LogP contribution is 2.39. The van der Waals surface area contributed by atoms with Gasteiger partial charge in [-0.05, 0) is 50.2 Å². The minimum absolute atomic E-state index is 0.305. The average Bonchev–Trinajstić information content (AvgIpc) is 3.22. The molecule has 0 fully saturated rings. The van der Waals surface area contributed by atoms with Crippen LogP contribution in [-0.4, -0.2) is 31.9 Å². The highest BCUT2D eigenvalue weighted by molar-refractivity contribution is 5.74. The van der Waals surface area contributed by atoms with Crippen LogP contribution < -0.4 is 0 Å². The Morgan fingerprint density at radius 2 is 2.11 bits per heavy atom. The van der Waals surface area contributed by atoms with Gasteiger partial charge in [0.1, 0.15) is 0 Å². The van der Waals surface area contributed by atoms with Crippen molar-refractivity contribution in [1.82, 2.24) is 24.8 Å². The molecule has 0 unspecified atom stereocenters. The molecule has 2 aromatic heterocycles. The molecular weight excluding hydrogens is 338 g/mol. The van der Waals surface area contributed by atoms with Crippen LogP contribution in [0.4, 0.5) is 0 Å². The molecule has 1 aliphatic carbocycles. The molecule has 2 aliphatic rings. The summed E-state index contributed by atoms with van der Waals surface area (Å²) in [6.07, 6.45) is 7.19. The van der Waals surface area contributed by atoms with Crippen LogP contribution in [0.15, 0.2) is 34.6 Å². The maximum atomic E-state index is 5.63. The zero-order valence-electron chi connectivity index (χ0n) is 16.8. The first-order valence-electron chi connectivity index (χ1n) is 9.54. The Morgan fingerprint density at radius 3 is 2.81 bits per heavy atom.